The third-order valence-corrected chi connectivity index (χ3v) is 6.00. The van der Waals surface area contributed by atoms with E-state index in [4.69, 9.17) is 14.2 Å². The van der Waals surface area contributed by atoms with Crippen molar-refractivity contribution in [2.75, 3.05) is 39.5 Å². The first kappa shape index (κ1) is 19.9. The Morgan fingerprint density at radius 1 is 0.962 bits per heavy atom. The highest BCUT2D eigenvalue weighted by atomic mass is 16.6. The molecule has 0 aliphatic heterocycles. The largest absolute Gasteiger partial charge is 0.444 e. The van der Waals surface area contributed by atoms with E-state index in [1.165, 1.54) is 32.1 Å². The van der Waals surface area contributed by atoms with Crippen molar-refractivity contribution in [2.24, 2.45) is 17.8 Å². The van der Waals surface area contributed by atoms with E-state index in [2.05, 4.69) is 10.6 Å². The normalized spacial score (nSPS) is 32.2. The Kier molecular flexibility index (Phi) is 6.46. The van der Waals surface area contributed by atoms with Crippen LogP contribution in [0.1, 0.15) is 52.9 Å². The van der Waals surface area contributed by atoms with Crippen LogP contribution in [0.4, 0.5) is 4.79 Å². The zero-order valence-corrected chi connectivity index (χ0v) is 16.6. The Labute approximate surface area is 157 Å². The van der Waals surface area contributed by atoms with E-state index < -0.39 is 11.7 Å². The van der Waals surface area contributed by atoms with Crippen molar-refractivity contribution < 1.29 is 19.0 Å². The summed E-state index contributed by atoms with van der Waals surface area (Å²) in [6, 6.07) is 0. The number of amides is 1. The van der Waals surface area contributed by atoms with Gasteiger partial charge in [0.2, 0.25) is 0 Å². The number of carbonyl (C=O) groups excluding carboxylic acids is 1. The fraction of sp³-hybridized carbons (Fsp3) is 0.950. The molecule has 1 amide bonds. The quantitative estimate of drug-likeness (QED) is 0.580. The van der Waals surface area contributed by atoms with E-state index in [1.54, 1.807) is 0 Å². The van der Waals surface area contributed by atoms with E-state index in [1.807, 2.05) is 20.8 Å². The molecule has 4 saturated carbocycles. The van der Waals surface area contributed by atoms with Gasteiger partial charge in [-0.25, -0.2) is 4.79 Å². The van der Waals surface area contributed by atoms with E-state index in [0.717, 1.165) is 30.9 Å². The molecule has 2 N–H and O–H groups in total. The molecule has 0 heterocycles. The molecule has 6 nitrogen and oxygen atoms in total. The molecule has 4 aliphatic rings. The molecule has 2 atom stereocenters. The Hall–Kier alpha value is -0.850. The van der Waals surface area contributed by atoms with Gasteiger partial charge in [0.25, 0.3) is 0 Å². The summed E-state index contributed by atoms with van der Waals surface area (Å²) in [6.07, 6.45) is 6.77. The van der Waals surface area contributed by atoms with Crippen LogP contribution in [0.5, 0.6) is 0 Å². The van der Waals surface area contributed by atoms with Gasteiger partial charge in [-0.15, -0.1) is 0 Å². The smallest absolute Gasteiger partial charge is 0.407 e. The van der Waals surface area contributed by atoms with Crippen molar-refractivity contribution in [3.8, 4) is 0 Å². The number of alkyl carbamates (subject to hydrolysis) is 1. The molecule has 0 spiro atoms. The summed E-state index contributed by atoms with van der Waals surface area (Å²) in [4.78, 5) is 11.5. The van der Waals surface area contributed by atoms with Gasteiger partial charge in [-0.1, -0.05) is 0 Å². The van der Waals surface area contributed by atoms with Gasteiger partial charge in [-0.2, -0.15) is 0 Å². The van der Waals surface area contributed by atoms with E-state index >= 15 is 0 Å². The summed E-state index contributed by atoms with van der Waals surface area (Å²) in [5, 5.41) is 6.51. The molecule has 4 rings (SSSR count). The Balaban J connectivity index is 1.14. The van der Waals surface area contributed by atoms with Gasteiger partial charge >= 0.3 is 6.09 Å². The number of hydrogen-bond acceptors (Lipinski definition) is 5. The highest BCUT2D eigenvalue weighted by Crippen LogP contribution is 2.60. The molecule has 0 aromatic heterocycles. The van der Waals surface area contributed by atoms with Crippen molar-refractivity contribution in [3.05, 3.63) is 0 Å². The van der Waals surface area contributed by atoms with Crippen molar-refractivity contribution in [1.82, 2.24) is 10.6 Å². The standard InChI is InChI=1S/C20H36N2O4/c1-19(2,3)26-18(23)21-4-6-24-8-9-25-7-5-22-20-13-15-10-16(14-20)12-17(20)11-15/h15-17,22H,4-14H2,1-3H3,(H,21,23). The maximum Gasteiger partial charge on any atom is 0.407 e. The number of hydrogen-bond donors (Lipinski definition) is 2. The molecular weight excluding hydrogens is 332 g/mol. The Bertz CT molecular complexity index is 463. The molecule has 4 bridgehead atoms. The lowest BCUT2D eigenvalue weighted by molar-refractivity contribution is 0.0388. The molecule has 0 aromatic rings. The number of nitrogens with one attached hydrogen (secondary N) is 2. The molecule has 2 unspecified atom stereocenters. The van der Waals surface area contributed by atoms with Crippen LogP contribution in [0, 0.1) is 17.8 Å². The molecule has 0 aromatic carbocycles. The van der Waals surface area contributed by atoms with Crippen LogP contribution in [-0.2, 0) is 14.2 Å². The molecule has 6 heteroatoms. The summed E-state index contributed by atoms with van der Waals surface area (Å²) in [5.74, 6) is 2.90. The van der Waals surface area contributed by atoms with Crippen LogP contribution >= 0.6 is 0 Å². The first-order chi connectivity index (χ1) is 12.4. The monoisotopic (exact) mass is 368 g/mol. The average Bonchev–Trinajstić information content (AvgIpc) is 2.91. The van der Waals surface area contributed by atoms with E-state index in [0.29, 0.717) is 31.9 Å². The maximum absolute atomic E-state index is 11.5. The van der Waals surface area contributed by atoms with Crippen molar-refractivity contribution in [2.45, 2.75) is 64.0 Å². The second-order valence-electron chi connectivity index (χ2n) is 9.28. The summed E-state index contributed by atoms with van der Waals surface area (Å²) in [5.41, 5.74) is -0.0232. The SMILES string of the molecule is CC(C)(C)OC(=O)NCCOCCOCCNC12CC3CC(CC1C3)C2. The maximum atomic E-state index is 11.5. The second kappa shape index (κ2) is 8.44. The minimum atomic E-state index is -0.468. The van der Waals surface area contributed by atoms with Gasteiger partial charge in [0.15, 0.2) is 0 Å². The van der Waals surface area contributed by atoms with Gasteiger partial charge in [0, 0.05) is 18.6 Å². The van der Waals surface area contributed by atoms with Gasteiger partial charge in [-0.3, -0.25) is 0 Å². The lowest BCUT2D eigenvalue weighted by atomic mass is 9.80. The highest BCUT2D eigenvalue weighted by Gasteiger charge is 2.57. The fourth-order valence-corrected chi connectivity index (χ4v) is 5.32. The topological polar surface area (TPSA) is 68.8 Å². The summed E-state index contributed by atoms with van der Waals surface area (Å²) >= 11 is 0. The summed E-state index contributed by atoms with van der Waals surface area (Å²) in [6.45, 7) is 9.27. The van der Waals surface area contributed by atoms with Crippen LogP contribution in [0.25, 0.3) is 0 Å². The summed E-state index contributed by atoms with van der Waals surface area (Å²) < 4.78 is 16.3. The van der Waals surface area contributed by atoms with E-state index in [9.17, 15) is 4.79 Å². The first-order valence-corrected chi connectivity index (χ1v) is 10.2. The summed E-state index contributed by atoms with van der Waals surface area (Å²) in [7, 11) is 0. The molecule has 150 valence electrons. The average molecular weight is 369 g/mol. The Morgan fingerprint density at radius 3 is 2.19 bits per heavy atom. The molecule has 4 aliphatic carbocycles. The minimum absolute atomic E-state index is 0.405. The van der Waals surface area contributed by atoms with Gasteiger partial charge in [-0.05, 0) is 70.6 Å². The van der Waals surface area contributed by atoms with Crippen molar-refractivity contribution in [3.63, 3.8) is 0 Å². The zero-order valence-electron chi connectivity index (χ0n) is 16.6. The van der Waals surface area contributed by atoms with Gasteiger partial charge < -0.3 is 24.8 Å². The van der Waals surface area contributed by atoms with Crippen LogP contribution < -0.4 is 10.6 Å². The first-order valence-electron chi connectivity index (χ1n) is 10.2. The van der Waals surface area contributed by atoms with Crippen molar-refractivity contribution in [1.29, 1.82) is 0 Å². The predicted molar refractivity (Wildman–Crippen MR) is 100 cm³/mol. The number of carbonyl (C=O) groups is 1. The van der Waals surface area contributed by atoms with Crippen LogP contribution in [0.2, 0.25) is 0 Å². The van der Waals surface area contributed by atoms with Crippen LogP contribution in [-0.4, -0.2) is 56.8 Å². The fourth-order valence-electron chi connectivity index (χ4n) is 5.32. The number of rotatable bonds is 10. The predicted octanol–water partition coefficient (Wildman–Crippen LogP) is 2.71. The van der Waals surface area contributed by atoms with Gasteiger partial charge in [0.05, 0.1) is 26.4 Å². The minimum Gasteiger partial charge on any atom is -0.444 e. The second-order valence-corrected chi connectivity index (χ2v) is 9.28. The molecule has 0 radical (unpaired) electrons. The molecule has 0 saturated heterocycles. The third-order valence-electron chi connectivity index (χ3n) is 6.00. The Morgan fingerprint density at radius 2 is 1.58 bits per heavy atom. The molecule has 4 fully saturated rings. The lowest BCUT2D eigenvalue weighted by Gasteiger charge is -2.34. The highest BCUT2D eigenvalue weighted by molar-refractivity contribution is 5.67. The van der Waals surface area contributed by atoms with Crippen molar-refractivity contribution >= 4 is 6.09 Å². The molecule has 26 heavy (non-hydrogen) atoms. The number of ether oxygens (including phenoxy) is 3. The van der Waals surface area contributed by atoms with Gasteiger partial charge in [0.1, 0.15) is 5.60 Å². The van der Waals surface area contributed by atoms with E-state index in [-0.39, 0.29) is 0 Å². The third kappa shape index (κ3) is 5.33. The molecular formula is C20H36N2O4. The zero-order chi connectivity index (χ0) is 18.6. The lowest BCUT2D eigenvalue weighted by Crippen LogP contribution is -2.47. The van der Waals surface area contributed by atoms with Crippen LogP contribution in [0.3, 0.4) is 0 Å². The van der Waals surface area contributed by atoms with Crippen LogP contribution in [0.15, 0.2) is 0 Å².